The first-order valence-electron chi connectivity index (χ1n) is 9.28. The van der Waals surface area contributed by atoms with Crippen molar-refractivity contribution in [2.24, 2.45) is 0 Å². The van der Waals surface area contributed by atoms with E-state index in [9.17, 15) is 9.59 Å². The summed E-state index contributed by atoms with van der Waals surface area (Å²) in [6, 6.07) is 10.6. The van der Waals surface area contributed by atoms with Crippen molar-refractivity contribution in [1.82, 2.24) is 10.2 Å². The number of carbonyl (C=O) groups excluding carboxylic acids is 2. The Morgan fingerprint density at radius 1 is 1.07 bits per heavy atom. The van der Waals surface area contributed by atoms with Crippen LogP contribution in [-0.4, -0.2) is 29.8 Å². The zero-order chi connectivity index (χ0) is 20.8. The topological polar surface area (TPSA) is 49.4 Å². The van der Waals surface area contributed by atoms with E-state index in [1.54, 1.807) is 30.1 Å². The summed E-state index contributed by atoms with van der Waals surface area (Å²) in [5.41, 5.74) is 3.86. The molecular formula is C22H26Cl2N2O2. The van der Waals surface area contributed by atoms with Crippen molar-refractivity contribution < 1.29 is 9.59 Å². The van der Waals surface area contributed by atoms with Gasteiger partial charge in [-0.3, -0.25) is 9.59 Å². The lowest BCUT2D eigenvalue weighted by molar-refractivity contribution is -0.140. The Morgan fingerprint density at radius 3 is 2.39 bits per heavy atom. The van der Waals surface area contributed by atoms with Crippen LogP contribution in [0.15, 0.2) is 36.4 Å². The van der Waals surface area contributed by atoms with Gasteiger partial charge in [0, 0.05) is 23.6 Å². The molecule has 2 aromatic carbocycles. The van der Waals surface area contributed by atoms with Crippen LogP contribution in [0.4, 0.5) is 0 Å². The standard InChI is InChI=1S/C22H26Cl2N2O2/c1-5-20(22(28)25-4)26(13-16-8-9-18(23)12-19(16)24)21(27)11-17-10-14(2)6-7-15(17)3/h6-10,12,20H,5,11,13H2,1-4H3,(H,25,28). The van der Waals surface area contributed by atoms with E-state index in [1.807, 2.05) is 39.0 Å². The van der Waals surface area contributed by atoms with E-state index >= 15 is 0 Å². The maximum absolute atomic E-state index is 13.3. The van der Waals surface area contributed by atoms with Crippen molar-refractivity contribution in [1.29, 1.82) is 0 Å². The van der Waals surface area contributed by atoms with Crippen LogP contribution in [0, 0.1) is 13.8 Å². The van der Waals surface area contributed by atoms with E-state index in [-0.39, 0.29) is 24.8 Å². The minimum Gasteiger partial charge on any atom is -0.357 e. The van der Waals surface area contributed by atoms with Crippen LogP contribution in [0.2, 0.25) is 10.0 Å². The molecule has 1 unspecified atom stereocenters. The van der Waals surface area contributed by atoms with Crippen molar-refractivity contribution in [2.75, 3.05) is 7.05 Å². The summed E-state index contributed by atoms with van der Waals surface area (Å²) in [6.45, 7) is 6.11. The molecule has 1 atom stereocenters. The molecule has 0 heterocycles. The number of nitrogens with zero attached hydrogens (tertiary/aromatic N) is 1. The highest BCUT2D eigenvalue weighted by Gasteiger charge is 2.28. The first-order valence-corrected chi connectivity index (χ1v) is 10.0. The molecule has 0 aliphatic heterocycles. The average molecular weight is 421 g/mol. The number of rotatable bonds is 7. The maximum atomic E-state index is 13.3. The Hall–Kier alpha value is -2.04. The van der Waals surface area contributed by atoms with E-state index in [0.717, 1.165) is 22.3 Å². The molecule has 6 heteroatoms. The molecule has 2 amide bonds. The fourth-order valence-electron chi connectivity index (χ4n) is 3.17. The van der Waals surface area contributed by atoms with Gasteiger partial charge < -0.3 is 10.2 Å². The minimum absolute atomic E-state index is 0.116. The molecule has 4 nitrogen and oxygen atoms in total. The van der Waals surface area contributed by atoms with Gasteiger partial charge in [0.25, 0.3) is 0 Å². The van der Waals surface area contributed by atoms with E-state index in [0.29, 0.717) is 16.5 Å². The van der Waals surface area contributed by atoms with Crippen molar-refractivity contribution in [3.8, 4) is 0 Å². The van der Waals surface area contributed by atoms with Crippen molar-refractivity contribution in [3.63, 3.8) is 0 Å². The molecule has 0 aromatic heterocycles. The molecule has 2 aromatic rings. The highest BCUT2D eigenvalue weighted by molar-refractivity contribution is 6.35. The minimum atomic E-state index is -0.575. The van der Waals surface area contributed by atoms with Crippen LogP contribution < -0.4 is 5.32 Å². The van der Waals surface area contributed by atoms with E-state index in [4.69, 9.17) is 23.2 Å². The smallest absolute Gasteiger partial charge is 0.242 e. The molecule has 0 radical (unpaired) electrons. The molecule has 0 bridgehead atoms. The molecule has 0 aliphatic carbocycles. The van der Waals surface area contributed by atoms with Crippen molar-refractivity contribution in [3.05, 3.63) is 68.7 Å². The molecule has 0 saturated heterocycles. The van der Waals surface area contributed by atoms with Gasteiger partial charge in [-0.05, 0) is 49.1 Å². The van der Waals surface area contributed by atoms with Crippen LogP contribution in [-0.2, 0) is 22.6 Å². The molecule has 0 saturated carbocycles. The second kappa shape index (κ2) is 9.94. The first kappa shape index (κ1) is 22.3. The lowest BCUT2D eigenvalue weighted by atomic mass is 10.0. The van der Waals surface area contributed by atoms with Crippen LogP contribution in [0.1, 0.15) is 35.6 Å². The van der Waals surface area contributed by atoms with Crippen LogP contribution >= 0.6 is 23.2 Å². The summed E-state index contributed by atoms with van der Waals surface area (Å²) in [5, 5.41) is 3.66. The number of amides is 2. The second-order valence-electron chi connectivity index (χ2n) is 6.90. The normalized spacial score (nSPS) is 11.8. The molecule has 0 spiro atoms. The summed E-state index contributed by atoms with van der Waals surface area (Å²) < 4.78 is 0. The zero-order valence-corrected chi connectivity index (χ0v) is 18.2. The maximum Gasteiger partial charge on any atom is 0.242 e. The highest BCUT2D eigenvalue weighted by atomic mass is 35.5. The first-order chi connectivity index (χ1) is 13.3. The number of carbonyl (C=O) groups is 2. The molecular weight excluding hydrogens is 395 g/mol. The van der Waals surface area contributed by atoms with Crippen LogP contribution in [0.3, 0.4) is 0 Å². The fraction of sp³-hybridized carbons (Fsp3) is 0.364. The van der Waals surface area contributed by atoms with Crippen molar-refractivity contribution >= 4 is 35.0 Å². The molecule has 0 aliphatic rings. The number of hydrogen-bond donors (Lipinski definition) is 1. The fourth-order valence-corrected chi connectivity index (χ4v) is 3.64. The molecule has 2 rings (SSSR count). The SMILES string of the molecule is CCC(C(=O)NC)N(Cc1ccc(Cl)cc1Cl)C(=O)Cc1cc(C)ccc1C. The van der Waals surface area contributed by atoms with Gasteiger partial charge in [0.15, 0.2) is 0 Å². The Labute approximate surface area is 176 Å². The van der Waals surface area contributed by atoms with Gasteiger partial charge in [-0.15, -0.1) is 0 Å². The Balaban J connectivity index is 2.37. The molecule has 150 valence electrons. The van der Waals surface area contributed by atoms with Gasteiger partial charge in [0.05, 0.1) is 6.42 Å². The highest BCUT2D eigenvalue weighted by Crippen LogP contribution is 2.24. The van der Waals surface area contributed by atoms with Crippen molar-refractivity contribution in [2.45, 2.75) is 46.2 Å². The van der Waals surface area contributed by atoms with E-state index < -0.39 is 6.04 Å². The Morgan fingerprint density at radius 2 is 1.79 bits per heavy atom. The third-order valence-corrected chi connectivity index (χ3v) is 5.42. The summed E-state index contributed by atoms with van der Waals surface area (Å²) in [4.78, 5) is 27.3. The van der Waals surface area contributed by atoms with Crippen LogP contribution in [0.25, 0.3) is 0 Å². The monoisotopic (exact) mass is 420 g/mol. The third-order valence-electron chi connectivity index (χ3n) is 4.83. The molecule has 0 fully saturated rings. The largest absolute Gasteiger partial charge is 0.357 e. The lowest BCUT2D eigenvalue weighted by Crippen LogP contribution is -2.48. The number of halogens is 2. The number of likely N-dealkylation sites (N-methyl/N-ethyl adjacent to an activating group) is 1. The summed E-state index contributed by atoms with van der Waals surface area (Å²) in [6.07, 6.45) is 0.732. The van der Waals surface area contributed by atoms with Gasteiger partial charge in [0.1, 0.15) is 6.04 Å². The number of benzene rings is 2. The molecule has 1 N–H and O–H groups in total. The lowest BCUT2D eigenvalue weighted by Gasteiger charge is -2.31. The van der Waals surface area contributed by atoms with Crippen LogP contribution in [0.5, 0.6) is 0 Å². The average Bonchev–Trinajstić information content (AvgIpc) is 2.65. The summed E-state index contributed by atoms with van der Waals surface area (Å²) in [7, 11) is 1.58. The van der Waals surface area contributed by atoms with E-state index in [2.05, 4.69) is 5.32 Å². The number of nitrogens with one attached hydrogen (secondary N) is 1. The summed E-state index contributed by atoms with van der Waals surface area (Å²) >= 11 is 12.3. The van der Waals surface area contributed by atoms with Gasteiger partial charge in [0.2, 0.25) is 11.8 Å². The summed E-state index contributed by atoms with van der Waals surface area (Å²) in [5.74, 6) is -0.308. The van der Waals surface area contributed by atoms with Gasteiger partial charge in [-0.1, -0.05) is 60.0 Å². The quantitative estimate of drug-likeness (QED) is 0.704. The van der Waals surface area contributed by atoms with E-state index in [1.165, 1.54) is 0 Å². The predicted molar refractivity (Wildman–Crippen MR) is 115 cm³/mol. The van der Waals surface area contributed by atoms with Gasteiger partial charge >= 0.3 is 0 Å². The zero-order valence-electron chi connectivity index (χ0n) is 16.7. The Kier molecular flexibility index (Phi) is 7.90. The van der Waals surface area contributed by atoms with Gasteiger partial charge in [-0.2, -0.15) is 0 Å². The molecule has 28 heavy (non-hydrogen) atoms. The Bertz CT molecular complexity index is 868. The van der Waals surface area contributed by atoms with Gasteiger partial charge in [-0.25, -0.2) is 0 Å². The number of hydrogen-bond acceptors (Lipinski definition) is 2. The predicted octanol–water partition coefficient (Wildman–Crippen LogP) is 4.71. The number of aryl methyl sites for hydroxylation is 2. The third kappa shape index (κ3) is 5.49. The second-order valence-corrected chi connectivity index (χ2v) is 7.75.